The zero-order valence-corrected chi connectivity index (χ0v) is 10.3. The Bertz CT molecular complexity index is 424. The Morgan fingerprint density at radius 3 is 2.76 bits per heavy atom. The van der Waals surface area contributed by atoms with E-state index in [1.54, 1.807) is 30.5 Å². The van der Waals surface area contributed by atoms with Gasteiger partial charge in [0.05, 0.1) is 12.6 Å². The maximum Gasteiger partial charge on any atom is 0.323 e. The van der Waals surface area contributed by atoms with E-state index >= 15 is 0 Å². The first-order valence-electron chi connectivity index (χ1n) is 5.64. The number of hydrogen-bond acceptors (Lipinski definition) is 5. The number of aromatic nitrogens is 4. The summed E-state index contributed by atoms with van der Waals surface area (Å²) in [6, 6.07) is 0.404. The number of rotatable bonds is 5. The number of tetrazole rings is 1. The van der Waals surface area contributed by atoms with Crippen LogP contribution in [0.5, 0.6) is 0 Å². The molecule has 1 aromatic heterocycles. The van der Waals surface area contributed by atoms with Crippen molar-refractivity contribution in [1.82, 2.24) is 25.1 Å². The molecular formula is C10H17N5O2. The number of carboxylic acids is 1. The second-order valence-electron chi connectivity index (χ2n) is 4.99. The van der Waals surface area contributed by atoms with Crippen molar-refractivity contribution >= 4 is 5.97 Å². The van der Waals surface area contributed by atoms with Crippen molar-refractivity contribution in [1.29, 1.82) is 0 Å². The molecule has 0 bridgehead atoms. The molecule has 1 N–H and O–H groups in total. The second-order valence-corrected chi connectivity index (χ2v) is 4.99. The maximum absolute atomic E-state index is 11.1. The lowest BCUT2D eigenvalue weighted by Gasteiger charge is -2.30. The van der Waals surface area contributed by atoms with Gasteiger partial charge in [0, 0.05) is 0 Å². The topological polar surface area (TPSA) is 84.1 Å². The zero-order valence-electron chi connectivity index (χ0n) is 10.3. The Hall–Kier alpha value is -1.50. The molecule has 0 amide bonds. The molecule has 0 aromatic carbocycles. The Kier molecular flexibility index (Phi) is 2.86. The summed E-state index contributed by atoms with van der Waals surface area (Å²) in [5.41, 5.74) is -0.930. The molecule has 1 saturated carbocycles. The van der Waals surface area contributed by atoms with Gasteiger partial charge in [-0.05, 0) is 44.2 Å². The van der Waals surface area contributed by atoms with E-state index in [0.29, 0.717) is 12.6 Å². The van der Waals surface area contributed by atoms with Crippen LogP contribution in [0.25, 0.3) is 0 Å². The van der Waals surface area contributed by atoms with Crippen molar-refractivity contribution in [3.05, 3.63) is 5.82 Å². The predicted molar refractivity (Wildman–Crippen MR) is 59.3 cm³/mol. The van der Waals surface area contributed by atoms with Crippen LogP contribution in [0.3, 0.4) is 0 Å². The SMILES string of the molecule is CN(Cc1nnnn1C1CC1)C(C)(C)C(=O)O. The van der Waals surface area contributed by atoms with Gasteiger partial charge in [0.15, 0.2) is 5.82 Å². The summed E-state index contributed by atoms with van der Waals surface area (Å²) in [7, 11) is 1.76. The lowest BCUT2D eigenvalue weighted by Crippen LogP contribution is -2.47. The summed E-state index contributed by atoms with van der Waals surface area (Å²) in [4.78, 5) is 12.9. The molecule has 0 radical (unpaired) electrons. The molecule has 0 unspecified atom stereocenters. The van der Waals surface area contributed by atoms with Gasteiger partial charge in [-0.3, -0.25) is 9.69 Å². The minimum absolute atomic E-state index is 0.404. The van der Waals surface area contributed by atoms with Crippen molar-refractivity contribution in [2.75, 3.05) is 7.05 Å². The quantitative estimate of drug-likeness (QED) is 0.795. The first kappa shape index (κ1) is 12.0. The lowest BCUT2D eigenvalue weighted by atomic mass is 10.0. The van der Waals surface area contributed by atoms with Crippen molar-refractivity contribution in [2.24, 2.45) is 0 Å². The number of nitrogens with zero attached hydrogens (tertiary/aromatic N) is 5. The first-order valence-corrected chi connectivity index (χ1v) is 5.64. The monoisotopic (exact) mass is 239 g/mol. The third-order valence-corrected chi connectivity index (χ3v) is 3.31. The highest BCUT2D eigenvalue weighted by Gasteiger charge is 2.34. The van der Waals surface area contributed by atoms with Gasteiger partial charge in [0.25, 0.3) is 0 Å². The van der Waals surface area contributed by atoms with E-state index in [4.69, 9.17) is 5.11 Å². The van der Waals surface area contributed by atoms with Crippen LogP contribution in [0.1, 0.15) is 38.6 Å². The van der Waals surface area contributed by atoms with E-state index in [1.807, 2.05) is 0 Å². The average Bonchev–Trinajstić information content (AvgIpc) is 2.99. The van der Waals surface area contributed by atoms with Crippen LogP contribution >= 0.6 is 0 Å². The van der Waals surface area contributed by atoms with Crippen molar-refractivity contribution in [3.63, 3.8) is 0 Å². The molecule has 94 valence electrons. The molecule has 0 saturated heterocycles. The van der Waals surface area contributed by atoms with Gasteiger partial charge in [-0.15, -0.1) is 5.10 Å². The first-order chi connectivity index (χ1) is 7.93. The average molecular weight is 239 g/mol. The fourth-order valence-corrected chi connectivity index (χ4v) is 1.49. The van der Waals surface area contributed by atoms with Gasteiger partial charge in [-0.2, -0.15) is 0 Å². The maximum atomic E-state index is 11.1. The van der Waals surface area contributed by atoms with Gasteiger partial charge in [-0.25, -0.2) is 4.68 Å². The van der Waals surface area contributed by atoms with Crippen LogP contribution in [0, 0.1) is 0 Å². The highest BCUT2D eigenvalue weighted by Crippen LogP contribution is 2.34. The molecule has 7 heteroatoms. The molecule has 1 fully saturated rings. The minimum atomic E-state index is -0.930. The molecule has 17 heavy (non-hydrogen) atoms. The molecule has 2 rings (SSSR count). The second kappa shape index (κ2) is 4.06. The Balaban J connectivity index is 2.09. The molecule has 0 spiro atoms. The largest absolute Gasteiger partial charge is 0.480 e. The van der Waals surface area contributed by atoms with E-state index < -0.39 is 11.5 Å². The van der Waals surface area contributed by atoms with E-state index in [2.05, 4.69) is 15.5 Å². The fourth-order valence-electron chi connectivity index (χ4n) is 1.49. The van der Waals surface area contributed by atoms with Crippen LogP contribution in [-0.4, -0.2) is 48.8 Å². The summed E-state index contributed by atoms with van der Waals surface area (Å²) in [6.45, 7) is 3.77. The molecule has 1 aromatic rings. The number of aliphatic carboxylic acids is 1. The fraction of sp³-hybridized carbons (Fsp3) is 0.800. The van der Waals surface area contributed by atoms with Crippen LogP contribution in [-0.2, 0) is 11.3 Å². The number of carboxylic acid groups (broad SMARTS) is 1. The highest BCUT2D eigenvalue weighted by atomic mass is 16.4. The number of likely N-dealkylation sites (N-methyl/N-ethyl adjacent to an activating group) is 1. The molecule has 1 heterocycles. The number of carbonyl (C=O) groups is 1. The van der Waals surface area contributed by atoms with Crippen molar-refractivity contribution in [2.45, 2.75) is 44.8 Å². The van der Waals surface area contributed by atoms with Crippen LogP contribution in [0.2, 0.25) is 0 Å². The molecule has 1 aliphatic carbocycles. The summed E-state index contributed by atoms with van der Waals surface area (Å²) in [6.07, 6.45) is 2.20. The van der Waals surface area contributed by atoms with Gasteiger partial charge in [0.1, 0.15) is 5.54 Å². The molecule has 7 nitrogen and oxygen atoms in total. The number of hydrogen-bond donors (Lipinski definition) is 1. The third kappa shape index (κ3) is 2.28. The Morgan fingerprint density at radius 2 is 2.24 bits per heavy atom. The van der Waals surface area contributed by atoms with Gasteiger partial charge >= 0.3 is 5.97 Å². The van der Waals surface area contributed by atoms with Crippen LogP contribution in [0.4, 0.5) is 0 Å². The van der Waals surface area contributed by atoms with Crippen molar-refractivity contribution in [3.8, 4) is 0 Å². The predicted octanol–water partition coefficient (Wildman–Crippen LogP) is 0.303. The third-order valence-electron chi connectivity index (χ3n) is 3.31. The standard InChI is InChI=1S/C10H17N5O2/c1-10(2,9(16)17)14(3)6-8-11-12-13-15(8)7-4-5-7/h7H,4-6H2,1-3H3,(H,16,17). The summed E-state index contributed by atoms with van der Waals surface area (Å²) in [5.74, 6) is -0.130. The van der Waals surface area contributed by atoms with Gasteiger partial charge < -0.3 is 5.11 Å². The zero-order chi connectivity index (χ0) is 12.6. The van der Waals surface area contributed by atoms with E-state index in [9.17, 15) is 4.79 Å². The normalized spacial score (nSPS) is 16.5. The Morgan fingerprint density at radius 1 is 1.59 bits per heavy atom. The molecule has 0 aliphatic heterocycles. The summed E-state index contributed by atoms with van der Waals surface area (Å²) < 4.78 is 1.80. The summed E-state index contributed by atoms with van der Waals surface area (Å²) in [5, 5.41) is 20.7. The summed E-state index contributed by atoms with van der Waals surface area (Å²) >= 11 is 0. The van der Waals surface area contributed by atoms with E-state index in [1.165, 1.54) is 0 Å². The Labute approximate surface area is 99.4 Å². The van der Waals surface area contributed by atoms with Gasteiger partial charge in [-0.1, -0.05) is 0 Å². The van der Waals surface area contributed by atoms with Crippen molar-refractivity contribution < 1.29 is 9.90 Å². The van der Waals surface area contributed by atoms with Gasteiger partial charge in [0.2, 0.25) is 0 Å². The molecular weight excluding hydrogens is 222 g/mol. The minimum Gasteiger partial charge on any atom is -0.480 e. The van der Waals surface area contributed by atoms with E-state index in [0.717, 1.165) is 18.7 Å². The molecule has 0 atom stereocenters. The smallest absolute Gasteiger partial charge is 0.323 e. The highest BCUT2D eigenvalue weighted by molar-refractivity contribution is 5.77. The lowest BCUT2D eigenvalue weighted by molar-refractivity contribution is -0.148. The van der Waals surface area contributed by atoms with Crippen LogP contribution < -0.4 is 0 Å². The van der Waals surface area contributed by atoms with Crippen LogP contribution in [0.15, 0.2) is 0 Å². The molecule has 1 aliphatic rings. The van der Waals surface area contributed by atoms with E-state index in [-0.39, 0.29) is 0 Å².